The fourth-order valence-electron chi connectivity index (χ4n) is 1.76. The summed E-state index contributed by atoms with van der Waals surface area (Å²) in [5.74, 6) is 0. The molecule has 1 rings (SSSR count). The van der Waals surface area contributed by atoms with Gasteiger partial charge in [0.05, 0.1) is 6.54 Å². The molecule has 0 spiro atoms. The summed E-state index contributed by atoms with van der Waals surface area (Å²) < 4.78 is 23.7. The molecule has 13 heavy (non-hydrogen) atoms. The van der Waals surface area contributed by atoms with Gasteiger partial charge in [-0.15, -0.1) is 0 Å². The number of hydrogen-bond acceptors (Lipinski definition) is 2. The molecule has 0 bridgehead atoms. The predicted molar refractivity (Wildman–Crippen MR) is 49.1 cm³/mol. The molecule has 78 valence electrons. The number of halogens is 2. The quantitative estimate of drug-likeness (QED) is 0.687. The van der Waals surface area contributed by atoms with E-state index in [2.05, 4.69) is 10.6 Å². The van der Waals surface area contributed by atoms with Gasteiger partial charge in [0.25, 0.3) is 6.43 Å². The first-order valence-corrected chi connectivity index (χ1v) is 4.93. The summed E-state index contributed by atoms with van der Waals surface area (Å²) in [5, 5.41) is 6.17. The smallest absolute Gasteiger partial charge is 0.250 e. The zero-order valence-corrected chi connectivity index (χ0v) is 8.02. The van der Waals surface area contributed by atoms with Crippen LogP contribution in [-0.2, 0) is 0 Å². The number of nitrogens with one attached hydrogen (secondary N) is 2. The van der Waals surface area contributed by atoms with Gasteiger partial charge in [-0.2, -0.15) is 0 Å². The van der Waals surface area contributed by atoms with Crippen LogP contribution in [0.1, 0.15) is 26.2 Å². The molecule has 0 aromatic carbocycles. The minimum Gasteiger partial charge on any atom is -0.314 e. The van der Waals surface area contributed by atoms with Crippen molar-refractivity contribution in [1.82, 2.24) is 10.6 Å². The molecule has 2 unspecified atom stereocenters. The van der Waals surface area contributed by atoms with E-state index in [9.17, 15) is 8.78 Å². The molecular weight excluding hydrogens is 174 g/mol. The van der Waals surface area contributed by atoms with Gasteiger partial charge in [-0.1, -0.05) is 0 Å². The zero-order chi connectivity index (χ0) is 9.68. The Kier molecular flexibility index (Phi) is 4.59. The first-order chi connectivity index (χ1) is 6.18. The molecule has 2 atom stereocenters. The van der Waals surface area contributed by atoms with Crippen LogP contribution >= 0.6 is 0 Å². The molecule has 1 fully saturated rings. The second-order valence-electron chi connectivity index (χ2n) is 3.73. The van der Waals surface area contributed by atoms with Crippen molar-refractivity contribution in [2.75, 3.05) is 13.1 Å². The Morgan fingerprint density at radius 2 is 2.31 bits per heavy atom. The van der Waals surface area contributed by atoms with E-state index in [-0.39, 0.29) is 12.6 Å². The molecule has 0 saturated carbocycles. The maximum absolute atomic E-state index is 11.8. The Bertz CT molecular complexity index is 136. The van der Waals surface area contributed by atoms with Crippen molar-refractivity contribution < 1.29 is 8.78 Å². The van der Waals surface area contributed by atoms with Crippen LogP contribution in [0.2, 0.25) is 0 Å². The van der Waals surface area contributed by atoms with E-state index >= 15 is 0 Å². The van der Waals surface area contributed by atoms with Gasteiger partial charge < -0.3 is 10.6 Å². The fraction of sp³-hybridized carbons (Fsp3) is 1.00. The lowest BCUT2D eigenvalue weighted by atomic mass is 10.1. The van der Waals surface area contributed by atoms with E-state index in [1.54, 1.807) is 0 Å². The van der Waals surface area contributed by atoms with Crippen molar-refractivity contribution in [3.63, 3.8) is 0 Å². The van der Waals surface area contributed by atoms with Crippen molar-refractivity contribution in [3.05, 3.63) is 0 Å². The average molecular weight is 192 g/mol. The number of rotatable bonds is 5. The van der Waals surface area contributed by atoms with Gasteiger partial charge in [-0.25, -0.2) is 8.78 Å². The largest absolute Gasteiger partial charge is 0.314 e. The van der Waals surface area contributed by atoms with Gasteiger partial charge in [0.15, 0.2) is 0 Å². The Morgan fingerprint density at radius 1 is 1.54 bits per heavy atom. The number of alkyl halides is 2. The summed E-state index contributed by atoms with van der Waals surface area (Å²) in [7, 11) is 0. The first kappa shape index (κ1) is 10.9. The van der Waals surface area contributed by atoms with Crippen molar-refractivity contribution in [2.45, 2.75) is 44.7 Å². The molecule has 0 aliphatic carbocycles. The van der Waals surface area contributed by atoms with Crippen LogP contribution in [0.15, 0.2) is 0 Å². The predicted octanol–water partition coefficient (Wildman–Crippen LogP) is 1.37. The lowest BCUT2D eigenvalue weighted by Gasteiger charge is -2.17. The van der Waals surface area contributed by atoms with E-state index < -0.39 is 6.43 Å². The van der Waals surface area contributed by atoms with Crippen LogP contribution in [0.25, 0.3) is 0 Å². The Balaban J connectivity index is 2.05. The molecular formula is C9H18F2N2. The topological polar surface area (TPSA) is 24.1 Å². The summed E-state index contributed by atoms with van der Waals surface area (Å²) >= 11 is 0. The second kappa shape index (κ2) is 5.50. The SMILES string of the molecule is CC(CC1CCCN1)NCC(F)F. The molecule has 2 N–H and O–H groups in total. The van der Waals surface area contributed by atoms with Gasteiger partial charge in [0.1, 0.15) is 0 Å². The third kappa shape index (κ3) is 4.52. The van der Waals surface area contributed by atoms with Crippen LogP contribution in [-0.4, -0.2) is 31.6 Å². The Morgan fingerprint density at radius 3 is 2.85 bits per heavy atom. The summed E-state index contributed by atoms with van der Waals surface area (Å²) in [6, 6.07) is 0.713. The molecule has 1 aliphatic rings. The highest BCUT2D eigenvalue weighted by molar-refractivity contribution is 4.78. The van der Waals surface area contributed by atoms with Crippen molar-refractivity contribution in [1.29, 1.82) is 0 Å². The van der Waals surface area contributed by atoms with E-state index in [1.165, 1.54) is 12.8 Å². The van der Waals surface area contributed by atoms with Gasteiger partial charge in [0.2, 0.25) is 0 Å². The minimum absolute atomic E-state index is 0.185. The van der Waals surface area contributed by atoms with Crippen molar-refractivity contribution in [2.24, 2.45) is 0 Å². The van der Waals surface area contributed by atoms with Crippen molar-refractivity contribution >= 4 is 0 Å². The van der Waals surface area contributed by atoms with Crippen LogP contribution in [0, 0.1) is 0 Å². The molecule has 1 aliphatic heterocycles. The molecule has 0 aromatic heterocycles. The molecule has 0 radical (unpaired) electrons. The monoisotopic (exact) mass is 192 g/mol. The summed E-state index contributed by atoms with van der Waals surface area (Å²) in [6.07, 6.45) is 1.11. The minimum atomic E-state index is -2.24. The molecule has 1 heterocycles. The van der Waals surface area contributed by atoms with E-state index in [4.69, 9.17) is 0 Å². The lowest BCUT2D eigenvalue weighted by molar-refractivity contribution is 0.141. The maximum atomic E-state index is 11.8. The molecule has 2 nitrogen and oxygen atoms in total. The molecule has 0 amide bonds. The standard InChI is InChI=1S/C9H18F2N2/c1-7(13-6-9(10)11)5-8-3-2-4-12-8/h7-9,12-13H,2-6H2,1H3. The van der Waals surface area contributed by atoms with Crippen LogP contribution in [0.5, 0.6) is 0 Å². The molecule has 1 saturated heterocycles. The lowest BCUT2D eigenvalue weighted by Crippen LogP contribution is -2.36. The Labute approximate surface area is 78.1 Å². The van der Waals surface area contributed by atoms with Gasteiger partial charge >= 0.3 is 0 Å². The first-order valence-electron chi connectivity index (χ1n) is 4.93. The highest BCUT2D eigenvalue weighted by atomic mass is 19.3. The van der Waals surface area contributed by atoms with E-state index in [0.717, 1.165) is 13.0 Å². The third-order valence-corrected chi connectivity index (χ3v) is 2.42. The van der Waals surface area contributed by atoms with Crippen molar-refractivity contribution in [3.8, 4) is 0 Å². The summed E-state index contributed by atoms with van der Waals surface area (Å²) in [4.78, 5) is 0. The van der Waals surface area contributed by atoms with Crippen LogP contribution in [0.3, 0.4) is 0 Å². The average Bonchev–Trinajstić information content (AvgIpc) is 2.53. The second-order valence-corrected chi connectivity index (χ2v) is 3.73. The zero-order valence-electron chi connectivity index (χ0n) is 8.02. The highest BCUT2D eigenvalue weighted by Crippen LogP contribution is 2.10. The van der Waals surface area contributed by atoms with Gasteiger partial charge in [-0.05, 0) is 32.7 Å². The third-order valence-electron chi connectivity index (χ3n) is 2.42. The van der Waals surface area contributed by atoms with E-state index in [0.29, 0.717) is 6.04 Å². The molecule has 0 aromatic rings. The summed E-state index contributed by atoms with van der Waals surface area (Å²) in [6.45, 7) is 2.85. The summed E-state index contributed by atoms with van der Waals surface area (Å²) in [5.41, 5.74) is 0. The van der Waals surface area contributed by atoms with E-state index in [1.807, 2.05) is 6.92 Å². The maximum Gasteiger partial charge on any atom is 0.250 e. The highest BCUT2D eigenvalue weighted by Gasteiger charge is 2.17. The van der Waals surface area contributed by atoms with Crippen LogP contribution in [0.4, 0.5) is 8.78 Å². The molecule has 4 heteroatoms. The number of hydrogen-bond donors (Lipinski definition) is 2. The van der Waals surface area contributed by atoms with Gasteiger partial charge in [0, 0.05) is 12.1 Å². The Hall–Kier alpha value is -0.220. The van der Waals surface area contributed by atoms with Gasteiger partial charge in [-0.3, -0.25) is 0 Å². The normalized spacial score (nSPS) is 25.4. The fourth-order valence-corrected chi connectivity index (χ4v) is 1.76. The van der Waals surface area contributed by atoms with Crippen LogP contribution < -0.4 is 10.6 Å².